The number of rotatable bonds is 8. The molecule has 0 atom stereocenters. The predicted molar refractivity (Wildman–Crippen MR) is 78.0 cm³/mol. The van der Waals surface area contributed by atoms with Crippen molar-refractivity contribution in [2.75, 3.05) is 20.1 Å². The second-order valence-corrected chi connectivity index (χ2v) is 4.85. The van der Waals surface area contributed by atoms with Gasteiger partial charge in [-0.25, -0.2) is 0 Å². The van der Waals surface area contributed by atoms with Crippen LogP contribution in [0.3, 0.4) is 0 Å². The Hall–Kier alpha value is -1.79. The highest BCUT2D eigenvalue weighted by molar-refractivity contribution is 5.07. The summed E-state index contributed by atoms with van der Waals surface area (Å²) < 4.78 is 1.90. The normalized spacial score (nSPS) is 11.2. The SMILES string of the molecule is CCNCc1cn(CCN(C)Cc2cccnc2)nn1. The lowest BCUT2D eigenvalue weighted by atomic mass is 10.3. The lowest BCUT2D eigenvalue weighted by molar-refractivity contribution is 0.303. The molecule has 0 unspecified atom stereocenters. The highest BCUT2D eigenvalue weighted by Gasteiger charge is 2.03. The molecule has 1 N–H and O–H groups in total. The van der Waals surface area contributed by atoms with Gasteiger partial charge in [-0.05, 0) is 25.2 Å². The van der Waals surface area contributed by atoms with E-state index in [4.69, 9.17) is 0 Å². The molecule has 0 aliphatic carbocycles. The van der Waals surface area contributed by atoms with Gasteiger partial charge in [-0.2, -0.15) is 0 Å². The third-order valence-electron chi connectivity index (χ3n) is 3.03. The van der Waals surface area contributed by atoms with Gasteiger partial charge in [0.25, 0.3) is 0 Å². The first-order chi connectivity index (χ1) is 9.78. The maximum atomic E-state index is 4.14. The maximum Gasteiger partial charge on any atom is 0.0964 e. The average Bonchev–Trinajstić information content (AvgIpc) is 2.92. The summed E-state index contributed by atoms with van der Waals surface area (Å²) in [6.07, 6.45) is 5.70. The van der Waals surface area contributed by atoms with Crippen LogP contribution < -0.4 is 5.32 Å². The Balaban J connectivity index is 1.75. The largest absolute Gasteiger partial charge is 0.311 e. The first-order valence-corrected chi connectivity index (χ1v) is 6.95. The van der Waals surface area contributed by atoms with Gasteiger partial charge in [0.1, 0.15) is 0 Å². The third-order valence-corrected chi connectivity index (χ3v) is 3.03. The smallest absolute Gasteiger partial charge is 0.0964 e. The number of aromatic nitrogens is 4. The van der Waals surface area contributed by atoms with E-state index in [1.54, 1.807) is 6.20 Å². The molecule has 2 heterocycles. The zero-order valence-electron chi connectivity index (χ0n) is 12.2. The van der Waals surface area contributed by atoms with Crippen molar-refractivity contribution in [3.05, 3.63) is 42.0 Å². The molecule has 6 nitrogen and oxygen atoms in total. The molecule has 0 aliphatic rings. The summed E-state index contributed by atoms with van der Waals surface area (Å²) in [4.78, 5) is 6.38. The minimum atomic E-state index is 0.780. The number of hydrogen-bond acceptors (Lipinski definition) is 5. The van der Waals surface area contributed by atoms with Gasteiger partial charge in [0.15, 0.2) is 0 Å². The molecule has 0 aromatic carbocycles. The molecule has 0 saturated carbocycles. The molecule has 2 aromatic rings. The fourth-order valence-corrected chi connectivity index (χ4v) is 1.94. The molecule has 20 heavy (non-hydrogen) atoms. The molecule has 6 heteroatoms. The van der Waals surface area contributed by atoms with E-state index in [1.165, 1.54) is 5.56 Å². The van der Waals surface area contributed by atoms with Crippen LogP contribution in [0.5, 0.6) is 0 Å². The van der Waals surface area contributed by atoms with E-state index in [0.29, 0.717) is 0 Å². The quantitative estimate of drug-likeness (QED) is 0.775. The van der Waals surface area contributed by atoms with E-state index in [1.807, 2.05) is 23.1 Å². The summed E-state index contributed by atoms with van der Waals surface area (Å²) in [5.74, 6) is 0. The summed E-state index contributed by atoms with van der Waals surface area (Å²) in [5, 5.41) is 11.5. The van der Waals surface area contributed by atoms with Crippen molar-refractivity contribution < 1.29 is 0 Å². The Morgan fingerprint density at radius 3 is 3.05 bits per heavy atom. The van der Waals surface area contributed by atoms with Crippen molar-refractivity contribution in [1.82, 2.24) is 30.2 Å². The fraction of sp³-hybridized carbons (Fsp3) is 0.500. The van der Waals surface area contributed by atoms with Gasteiger partial charge in [0, 0.05) is 38.2 Å². The van der Waals surface area contributed by atoms with E-state index in [2.05, 4.69) is 45.6 Å². The summed E-state index contributed by atoms with van der Waals surface area (Å²) in [5.41, 5.74) is 2.21. The van der Waals surface area contributed by atoms with Crippen molar-refractivity contribution >= 4 is 0 Å². The molecule has 2 aromatic heterocycles. The molecular formula is C14H22N6. The molecule has 0 spiro atoms. The van der Waals surface area contributed by atoms with E-state index in [0.717, 1.165) is 38.4 Å². The standard InChI is InChI=1S/C14H22N6/c1-3-15-10-14-12-20(18-17-14)8-7-19(2)11-13-5-4-6-16-9-13/h4-6,9,12,15H,3,7-8,10-11H2,1-2H3. The van der Waals surface area contributed by atoms with Crippen molar-refractivity contribution in [2.24, 2.45) is 0 Å². The van der Waals surface area contributed by atoms with Crippen LogP contribution in [0.25, 0.3) is 0 Å². The van der Waals surface area contributed by atoms with Gasteiger partial charge in [0.05, 0.1) is 12.2 Å². The third kappa shape index (κ3) is 4.71. The van der Waals surface area contributed by atoms with E-state index in [9.17, 15) is 0 Å². The van der Waals surface area contributed by atoms with Crippen LogP contribution in [0, 0.1) is 0 Å². The number of hydrogen-bond donors (Lipinski definition) is 1. The Morgan fingerprint density at radius 1 is 1.40 bits per heavy atom. The number of likely N-dealkylation sites (N-methyl/N-ethyl adjacent to an activating group) is 1. The number of nitrogens with one attached hydrogen (secondary N) is 1. The van der Waals surface area contributed by atoms with E-state index < -0.39 is 0 Å². The van der Waals surface area contributed by atoms with E-state index in [-0.39, 0.29) is 0 Å². The van der Waals surface area contributed by atoms with Crippen LogP contribution in [0.4, 0.5) is 0 Å². The molecule has 0 aliphatic heterocycles. The minimum Gasteiger partial charge on any atom is -0.311 e. The van der Waals surface area contributed by atoms with Gasteiger partial charge in [-0.15, -0.1) is 5.10 Å². The Labute approximate surface area is 119 Å². The van der Waals surface area contributed by atoms with Crippen molar-refractivity contribution in [1.29, 1.82) is 0 Å². The Morgan fingerprint density at radius 2 is 2.30 bits per heavy atom. The molecule has 108 valence electrons. The van der Waals surface area contributed by atoms with Crippen LogP contribution in [-0.4, -0.2) is 45.0 Å². The van der Waals surface area contributed by atoms with Crippen LogP contribution in [-0.2, 0) is 19.6 Å². The summed E-state index contributed by atoms with van der Waals surface area (Å²) in [7, 11) is 2.10. The van der Waals surface area contributed by atoms with Gasteiger partial charge < -0.3 is 10.2 Å². The molecule has 2 rings (SSSR count). The second-order valence-electron chi connectivity index (χ2n) is 4.85. The molecule has 0 saturated heterocycles. The average molecular weight is 274 g/mol. The highest BCUT2D eigenvalue weighted by atomic mass is 15.4. The molecule has 0 fully saturated rings. The topological polar surface area (TPSA) is 58.9 Å². The lowest BCUT2D eigenvalue weighted by Gasteiger charge is -2.15. The van der Waals surface area contributed by atoms with Crippen LogP contribution in [0.2, 0.25) is 0 Å². The van der Waals surface area contributed by atoms with Crippen molar-refractivity contribution in [2.45, 2.75) is 26.6 Å². The molecule has 0 radical (unpaired) electrons. The minimum absolute atomic E-state index is 0.780. The van der Waals surface area contributed by atoms with Gasteiger partial charge in [0.2, 0.25) is 0 Å². The zero-order chi connectivity index (χ0) is 14.2. The first-order valence-electron chi connectivity index (χ1n) is 6.95. The number of nitrogens with zero attached hydrogens (tertiary/aromatic N) is 5. The molecule has 0 bridgehead atoms. The van der Waals surface area contributed by atoms with Gasteiger partial charge >= 0.3 is 0 Å². The summed E-state index contributed by atoms with van der Waals surface area (Å²) in [6, 6.07) is 4.06. The van der Waals surface area contributed by atoms with Crippen molar-refractivity contribution in [3.8, 4) is 0 Å². The second kappa shape index (κ2) is 7.72. The van der Waals surface area contributed by atoms with Gasteiger partial charge in [-0.3, -0.25) is 9.67 Å². The summed E-state index contributed by atoms with van der Waals surface area (Å²) in [6.45, 7) is 6.47. The Kier molecular flexibility index (Phi) is 5.64. The maximum absolute atomic E-state index is 4.14. The fourth-order valence-electron chi connectivity index (χ4n) is 1.94. The van der Waals surface area contributed by atoms with Gasteiger partial charge in [-0.1, -0.05) is 18.2 Å². The highest BCUT2D eigenvalue weighted by Crippen LogP contribution is 2.01. The lowest BCUT2D eigenvalue weighted by Crippen LogP contribution is -2.23. The Bertz CT molecular complexity index is 495. The molecular weight excluding hydrogens is 252 g/mol. The zero-order valence-corrected chi connectivity index (χ0v) is 12.2. The van der Waals surface area contributed by atoms with Crippen molar-refractivity contribution in [3.63, 3.8) is 0 Å². The first kappa shape index (κ1) is 14.6. The van der Waals surface area contributed by atoms with E-state index >= 15 is 0 Å². The molecule has 0 amide bonds. The van der Waals surface area contributed by atoms with Crippen LogP contribution in [0.15, 0.2) is 30.7 Å². The van der Waals surface area contributed by atoms with Crippen LogP contribution in [0.1, 0.15) is 18.2 Å². The monoisotopic (exact) mass is 274 g/mol. The predicted octanol–water partition coefficient (Wildman–Crippen LogP) is 0.915. The number of pyridine rings is 1. The van der Waals surface area contributed by atoms with Crippen LogP contribution >= 0.6 is 0 Å². The summed E-state index contributed by atoms with van der Waals surface area (Å²) >= 11 is 0.